The molecule has 5 rings (SSSR count). The normalized spacial score (nSPS) is 15.7. The number of aromatic amines is 1. The zero-order valence-electron chi connectivity index (χ0n) is 20.4. The predicted octanol–water partition coefficient (Wildman–Crippen LogP) is 5.62. The molecule has 0 aliphatic carbocycles. The van der Waals surface area contributed by atoms with Gasteiger partial charge < -0.3 is 15.2 Å². The molecule has 2 heterocycles. The van der Waals surface area contributed by atoms with Crippen LogP contribution in [-0.4, -0.2) is 48.1 Å². The standard InChI is InChI=1S/C29H34N4O/c1-4-8-28(33-17-15-32(16-18-33)27-12-7-9-20(2)21(27)3)31-29(34)22-13-14-26-24(19-22)23-10-5-6-11-25(23)30-26/h5-7,9-14,19,28,30H,4,8,15-18H2,1-3H3,(H,31,34). The smallest absolute Gasteiger partial charge is 0.252 e. The first-order valence-corrected chi connectivity index (χ1v) is 12.4. The lowest BCUT2D eigenvalue weighted by atomic mass is 10.1. The number of hydrogen-bond donors (Lipinski definition) is 2. The highest BCUT2D eigenvalue weighted by molar-refractivity contribution is 6.10. The lowest BCUT2D eigenvalue weighted by Gasteiger charge is -2.41. The Morgan fingerprint density at radius 2 is 1.71 bits per heavy atom. The molecule has 2 N–H and O–H groups in total. The van der Waals surface area contributed by atoms with Crippen molar-refractivity contribution in [3.8, 4) is 0 Å². The number of nitrogens with one attached hydrogen (secondary N) is 2. The van der Waals surface area contributed by atoms with E-state index in [1.54, 1.807) is 0 Å². The van der Waals surface area contributed by atoms with E-state index in [2.05, 4.69) is 71.2 Å². The average molecular weight is 455 g/mol. The largest absolute Gasteiger partial charge is 0.369 e. The number of H-pyrrole nitrogens is 1. The first-order chi connectivity index (χ1) is 16.5. The number of hydrogen-bond acceptors (Lipinski definition) is 3. The van der Waals surface area contributed by atoms with Gasteiger partial charge in [-0.1, -0.05) is 43.7 Å². The van der Waals surface area contributed by atoms with Gasteiger partial charge in [0.1, 0.15) is 0 Å². The van der Waals surface area contributed by atoms with Crippen molar-refractivity contribution in [1.29, 1.82) is 0 Å². The summed E-state index contributed by atoms with van der Waals surface area (Å²) < 4.78 is 0. The maximum Gasteiger partial charge on any atom is 0.252 e. The van der Waals surface area contributed by atoms with Gasteiger partial charge in [-0.3, -0.25) is 9.69 Å². The van der Waals surface area contributed by atoms with Crippen LogP contribution in [0.1, 0.15) is 41.3 Å². The predicted molar refractivity (Wildman–Crippen MR) is 142 cm³/mol. The van der Waals surface area contributed by atoms with Crippen LogP contribution in [0.2, 0.25) is 0 Å². The molecule has 4 aromatic rings. The molecule has 0 saturated carbocycles. The fourth-order valence-electron chi connectivity index (χ4n) is 5.20. The van der Waals surface area contributed by atoms with E-state index >= 15 is 0 Å². The van der Waals surface area contributed by atoms with Crippen LogP contribution in [0.15, 0.2) is 60.7 Å². The molecule has 0 spiro atoms. The molecule has 176 valence electrons. The van der Waals surface area contributed by atoms with Gasteiger partial charge in [0.15, 0.2) is 0 Å². The number of benzene rings is 3. The third-order valence-corrected chi connectivity index (χ3v) is 7.30. The van der Waals surface area contributed by atoms with E-state index in [-0.39, 0.29) is 12.1 Å². The van der Waals surface area contributed by atoms with Crippen molar-refractivity contribution in [1.82, 2.24) is 15.2 Å². The number of rotatable bonds is 6. The fraction of sp³-hybridized carbons (Fsp3) is 0.345. The number of anilines is 1. The molecule has 1 atom stereocenters. The van der Waals surface area contributed by atoms with Crippen LogP contribution in [-0.2, 0) is 0 Å². The van der Waals surface area contributed by atoms with Crippen molar-refractivity contribution in [3.05, 3.63) is 77.4 Å². The van der Waals surface area contributed by atoms with Crippen LogP contribution in [0.3, 0.4) is 0 Å². The van der Waals surface area contributed by atoms with Crippen molar-refractivity contribution < 1.29 is 4.79 Å². The Morgan fingerprint density at radius 3 is 2.50 bits per heavy atom. The van der Waals surface area contributed by atoms with Crippen molar-refractivity contribution >= 4 is 33.4 Å². The van der Waals surface area contributed by atoms with Gasteiger partial charge in [-0.2, -0.15) is 0 Å². The van der Waals surface area contributed by atoms with E-state index < -0.39 is 0 Å². The number of aryl methyl sites for hydroxylation is 1. The number of aromatic nitrogens is 1. The lowest BCUT2D eigenvalue weighted by Crippen LogP contribution is -2.56. The van der Waals surface area contributed by atoms with Gasteiger partial charge in [0.25, 0.3) is 5.91 Å². The average Bonchev–Trinajstić information content (AvgIpc) is 3.23. The minimum Gasteiger partial charge on any atom is -0.369 e. The Balaban J connectivity index is 1.30. The molecule has 1 aromatic heterocycles. The molecule has 5 nitrogen and oxygen atoms in total. The topological polar surface area (TPSA) is 51.4 Å². The van der Waals surface area contributed by atoms with Crippen LogP contribution in [0, 0.1) is 13.8 Å². The summed E-state index contributed by atoms with van der Waals surface area (Å²) in [6, 6.07) is 20.8. The summed E-state index contributed by atoms with van der Waals surface area (Å²) in [7, 11) is 0. The van der Waals surface area contributed by atoms with Crippen LogP contribution >= 0.6 is 0 Å². The van der Waals surface area contributed by atoms with E-state index in [9.17, 15) is 4.79 Å². The molecule has 1 amide bonds. The number of carbonyl (C=O) groups is 1. The Labute approximate surface area is 201 Å². The second kappa shape index (κ2) is 9.51. The summed E-state index contributed by atoms with van der Waals surface area (Å²) in [5.41, 5.74) is 6.91. The molecular formula is C29H34N4O. The zero-order chi connectivity index (χ0) is 23.7. The highest BCUT2D eigenvalue weighted by Gasteiger charge is 2.26. The molecule has 1 aliphatic rings. The van der Waals surface area contributed by atoms with Gasteiger partial charge in [-0.15, -0.1) is 0 Å². The number of nitrogens with zero attached hydrogens (tertiary/aromatic N) is 2. The van der Waals surface area contributed by atoms with E-state index in [1.807, 2.05) is 30.3 Å². The summed E-state index contributed by atoms with van der Waals surface area (Å²) in [4.78, 5) is 21.6. The molecule has 1 aliphatic heterocycles. The summed E-state index contributed by atoms with van der Waals surface area (Å²) >= 11 is 0. The van der Waals surface area contributed by atoms with Gasteiger partial charge >= 0.3 is 0 Å². The monoisotopic (exact) mass is 454 g/mol. The molecule has 0 bridgehead atoms. The van der Waals surface area contributed by atoms with Crippen molar-refractivity contribution in [3.63, 3.8) is 0 Å². The van der Waals surface area contributed by atoms with Crippen LogP contribution in [0.5, 0.6) is 0 Å². The van der Waals surface area contributed by atoms with Crippen molar-refractivity contribution in [2.45, 2.75) is 39.8 Å². The summed E-state index contributed by atoms with van der Waals surface area (Å²) in [6.07, 6.45) is 2.03. The molecule has 0 radical (unpaired) electrons. The van der Waals surface area contributed by atoms with E-state index in [0.717, 1.165) is 60.8 Å². The summed E-state index contributed by atoms with van der Waals surface area (Å²) in [5, 5.41) is 5.59. The molecule has 1 fully saturated rings. The molecule has 3 aromatic carbocycles. The third kappa shape index (κ3) is 4.28. The molecular weight excluding hydrogens is 420 g/mol. The Hall–Kier alpha value is -3.31. The summed E-state index contributed by atoms with van der Waals surface area (Å²) in [6.45, 7) is 10.4. The highest BCUT2D eigenvalue weighted by atomic mass is 16.1. The number of piperazine rings is 1. The maximum absolute atomic E-state index is 13.3. The second-order valence-electron chi connectivity index (χ2n) is 9.45. The lowest BCUT2D eigenvalue weighted by molar-refractivity contribution is 0.0824. The minimum absolute atomic E-state index is 0.00240. The fourth-order valence-corrected chi connectivity index (χ4v) is 5.20. The van der Waals surface area contributed by atoms with Gasteiger partial charge in [-0.25, -0.2) is 0 Å². The number of para-hydroxylation sites is 1. The Bertz CT molecular complexity index is 1320. The molecule has 1 saturated heterocycles. The first kappa shape index (κ1) is 22.5. The quantitative estimate of drug-likeness (QED) is 0.398. The van der Waals surface area contributed by atoms with Crippen LogP contribution in [0.4, 0.5) is 5.69 Å². The van der Waals surface area contributed by atoms with Gasteiger partial charge in [0.05, 0.1) is 6.17 Å². The van der Waals surface area contributed by atoms with Gasteiger partial charge in [0.2, 0.25) is 0 Å². The van der Waals surface area contributed by atoms with E-state index in [1.165, 1.54) is 16.8 Å². The maximum atomic E-state index is 13.3. The molecule has 1 unspecified atom stereocenters. The minimum atomic E-state index is 0.00240. The Kier molecular flexibility index (Phi) is 6.29. The van der Waals surface area contributed by atoms with E-state index in [4.69, 9.17) is 0 Å². The number of carbonyl (C=O) groups excluding carboxylic acids is 1. The highest BCUT2D eigenvalue weighted by Crippen LogP contribution is 2.27. The third-order valence-electron chi connectivity index (χ3n) is 7.30. The van der Waals surface area contributed by atoms with E-state index in [0.29, 0.717) is 5.56 Å². The van der Waals surface area contributed by atoms with Crippen molar-refractivity contribution in [2.24, 2.45) is 0 Å². The van der Waals surface area contributed by atoms with Crippen molar-refractivity contribution in [2.75, 3.05) is 31.1 Å². The second-order valence-corrected chi connectivity index (χ2v) is 9.45. The summed E-state index contributed by atoms with van der Waals surface area (Å²) in [5.74, 6) is 0.00240. The number of fused-ring (bicyclic) bond motifs is 3. The molecule has 34 heavy (non-hydrogen) atoms. The SMILES string of the molecule is CCCC(NC(=O)c1ccc2[nH]c3ccccc3c2c1)N1CCN(c2cccc(C)c2C)CC1. The van der Waals surface area contributed by atoms with Crippen LogP contribution < -0.4 is 10.2 Å². The Morgan fingerprint density at radius 1 is 0.941 bits per heavy atom. The van der Waals surface area contributed by atoms with Gasteiger partial charge in [0, 0.05) is 59.2 Å². The molecule has 5 heteroatoms. The number of amides is 1. The van der Waals surface area contributed by atoms with Gasteiger partial charge in [-0.05, 0) is 61.7 Å². The zero-order valence-corrected chi connectivity index (χ0v) is 20.4. The van der Waals surface area contributed by atoms with Crippen LogP contribution in [0.25, 0.3) is 21.8 Å². The first-order valence-electron chi connectivity index (χ1n) is 12.4.